The minimum absolute atomic E-state index is 0.0111. The summed E-state index contributed by atoms with van der Waals surface area (Å²) in [6.45, 7) is 3.20. The van der Waals surface area contributed by atoms with E-state index in [1.807, 2.05) is 37.3 Å². The number of methoxy groups -OCH3 is 1. The molecule has 0 radical (unpaired) electrons. The van der Waals surface area contributed by atoms with Crippen molar-refractivity contribution in [2.45, 2.75) is 32.4 Å². The van der Waals surface area contributed by atoms with E-state index in [1.165, 1.54) is 10.5 Å². The first kappa shape index (κ1) is 22.8. The quantitative estimate of drug-likeness (QED) is 0.418. The summed E-state index contributed by atoms with van der Waals surface area (Å²) >= 11 is 0. The second-order valence-corrected chi connectivity index (χ2v) is 8.72. The zero-order valence-electron chi connectivity index (χ0n) is 19.7. The summed E-state index contributed by atoms with van der Waals surface area (Å²) in [5.41, 5.74) is 2.43. The van der Waals surface area contributed by atoms with Crippen molar-refractivity contribution in [3.63, 3.8) is 0 Å². The molecule has 0 aliphatic carbocycles. The maximum absolute atomic E-state index is 13.5. The van der Waals surface area contributed by atoms with E-state index in [1.54, 1.807) is 23.9 Å². The predicted octanol–water partition coefficient (Wildman–Crippen LogP) is 2.40. The second-order valence-electron chi connectivity index (χ2n) is 8.72. The highest BCUT2D eigenvalue weighted by Crippen LogP contribution is 2.17. The fourth-order valence-corrected chi connectivity index (χ4v) is 4.44. The molecule has 1 saturated heterocycles. The zero-order valence-corrected chi connectivity index (χ0v) is 19.7. The number of amides is 1. The van der Waals surface area contributed by atoms with Crippen LogP contribution in [-0.2, 0) is 11.3 Å². The van der Waals surface area contributed by atoms with E-state index in [2.05, 4.69) is 5.32 Å². The van der Waals surface area contributed by atoms with Gasteiger partial charge in [0.15, 0.2) is 0 Å². The number of hydrogen-bond acceptors (Lipinski definition) is 6. The first-order chi connectivity index (χ1) is 17.0. The minimum atomic E-state index is -0.412. The van der Waals surface area contributed by atoms with Crippen LogP contribution in [0, 0.1) is 12.3 Å². The molecule has 1 aliphatic heterocycles. The van der Waals surface area contributed by atoms with Gasteiger partial charge in [-0.1, -0.05) is 18.2 Å². The van der Waals surface area contributed by atoms with Crippen LogP contribution in [-0.4, -0.2) is 46.2 Å². The van der Waals surface area contributed by atoms with Gasteiger partial charge in [-0.05, 0) is 55.2 Å². The molecule has 0 spiro atoms. The summed E-state index contributed by atoms with van der Waals surface area (Å²) in [6.07, 6.45) is 3.49. The largest absolute Gasteiger partial charge is 0.497 e. The molecule has 0 unspecified atom stereocenters. The van der Waals surface area contributed by atoms with Crippen molar-refractivity contribution in [2.75, 3.05) is 20.3 Å². The lowest BCUT2D eigenvalue weighted by molar-refractivity contribution is 0.0856. The third-order valence-corrected chi connectivity index (χ3v) is 6.39. The third kappa shape index (κ3) is 4.30. The number of nitrogens with one attached hydrogen (secondary N) is 2. The van der Waals surface area contributed by atoms with Crippen molar-refractivity contribution < 1.29 is 14.3 Å². The molecule has 9 nitrogen and oxygen atoms in total. The number of carbonyl (C=O) groups excluding carboxylic acids is 1. The van der Waals surface area contributed by atoms with Crippen molar-refractivity contribution in [1.29, 1.82) is 5.41 Å². The lowest BCUT2D eigenvalue weighted by Crippen LogP contribution is -2.38. The maximum Gasteiger partial charge on any atom is 0.267 e. The van der Waals surface area contributed by atoms with Crippen molar-refractivity contribution in [3.05, 3.63) is 81.2 Å². The third-order valence-electron chi connectivity index (χ3n) is 6.39. The van der Waals surface area contributed by atoms with Crippen LogP contribution in [0.25, 0.3) is 16.7 Å². The summed E-state index contributed by atoms with van der Waals surface area (Å²) in [4.78, 5) is 31.4. The molecule has 4 aromatic rings. The van der Waals surface area contributed by atoms with Gasteiger partial charge in [0.05, 0.1) is 30.7 Å². The summed E-state index contributed by atoms with van der Waals surface area (Å²) in [6, 6.07) is 12.6. The molecule has 35 heavy (non-hydrogen) atoms. The molecule has 0 bridgehead atoms. The minimum Gasteiger partial charge on any atom is -0.497 e. The summed E-state index contributed by atoms with van der Waals surface area (Å²) in [5.74, 6) is 0.305. The Morgan fingerprint density at radius 1 is 1.26 bits per heavy atom. The first-order valence-electron chi connectivity index (χ1n) is 11.6. The van der Waals surface area contributed by atoms with Gasteiger partial charge < -0.3 is 19.4 Å². The highest BCUT2D eigenvalue weighted by Gasteiger charge is 2.21. The van der Waals surface area contributed by atoms with Crippen LogP contribution >= 0.6 is 0 Å². The number of hydrogen-bond donors (Lipinski definition) is 2. The van der Waals surface area contributed by atoms with E-state index in [-0.39, 0.29) is 34.6 Å². The van der Waals surface area contributed by atoms with Gasteiger partial charge >= 0.3 is 0 Å². The lowest BCUT2D eigenvalue weighted by atomic mass is 10.1. The molecule has 180 valence electrons. The number of aryl methyl sites for hydroxylation is 1. The van der Waals surface area contributed by atoms with E-state index in [9.17, 15) is 9.59 Å². The molecule has 1 aliphatic rings. The number of nitrogens with zero attached hydrogens (tertiary/aromatic N) is 3. The monoisotopic (exact) mass is 473 g/mol. The van der Waals surface area contributed by atoms with Crippen LogP contribution in [0.1, 0.15) is 34.3 Å². The van der Waals surface area contributed by atoms with E-state index in [0.29, 0.717) is 24.4 Å². The normalized spacial score (nSPS) is 15.5. The standard InChI is InChI=1S/C26H27N5O4/c1-16-5-3-11-30-23(16)29-24-21(26(30)33)13-20(25(32)28-14-19-6-4-12-35-19)22(27)31(24)15-17-7-9-18(34-2)10-8-17/h3,5,7-11,13,19,27H,4,6,12,14-15H2,1-2H3,(H,28,32)/t19-/m0/s1. The zero-order chi connectivity index (χ0) is 24.5. The van der Waals surface area contributed by atoms with Crippen LogP contribution in [0.2, 0.25) is 0 Å². The molecule has 1 aromatic carbocycles. The van der Waals surface area contributed by atoms with Gasteiger partial charge in [0.25, 0.3) is 11.5 Å². The maximum atomic E-state index is 13.5. The Morgan fingerprint density at radius 2 is 2.06 bits per heavy atom. The number of fused-ring (bicyclic) bond motifs is 2. The molecule has 2 N–H and O–H groups in total. The van der Waals surface area contributed by atoms with Crippen molar-refractivity contribution in [3.8, 4) is 5.75 Å². The second kappa shape index (κ2) is 9.34. The Balaban J connectivity index is 1.67. The van der Waals surface area contributed by atoms with Crippen LogP contribution in [0.4, 0.5) is 0 Å². The van der Waals surface area contributed by atoms with Crippen LogP contribution < -0.4 is 21.1 Å². The molecular formula is C26H27N5O4. The average molecular weight is 474 g/mol. The average Bonchev–Trinajstić information content (AvgIpc) is 3.39. The van der Waals surface area contributed by atoms with Crippen molar-refractivity contribution >= 4 is 22.6 Å². The molecule has 1 amide bonds. The van der Waals surface area contributed by atoms with Gasteiger partial charge in [0.2, 0.25) is 0 Å². The highest BCUT2D eigenvalue weighted by molar-refractivity contribution is 5.96. The first-order valence-corrected chi connectivity index (χ1v) is 11.6. The van der Waals surface area contributed by atoms with Gasteiger partial charge in [-0.15, -0.1) is 0 Å². The number of aromatic nitrogens is 3. The molecule has 4 heterocycles. The lowest BCUT2D eigenvalue weighted by Gasteiger charge is -2.16. The predicted molar refractivity (Wildman–Crippen MR) is 131 cm³/mol. The smallest absolute Gasteiger partial charge is 0.267 e. The fraction of sp³-hybridized carbons (Fsp3) is 0.308. The van der Waals surface area contributed by atoms with Gasteiger partial charge in [0.1, 0.15) is 22.5 Å². The van der Waals surface area contributed by atoms with Gasteiger partial charge in [-0.3, -0.25) is 19.4 Å². The number of carbonyl (C=O) groups is 1. The van der Waals surface area contributed by atoms with E-state index >= 15 is 0 Å². The van der Waals surface area contributed by atoms with E-state index in [0.717, 1.165) is 29.7 Å². The van der Waals surface area contributed by atoms with Gasteiger partial charge in [-0.25, -0.2) is 4.98 Å². The van der Waals surface area contributed by atoms with E-state index in [4.69, 9.17) is 19.9 Å². The molecule has 0 saturated carbocycles. The molecule has 3 aromatic heterocycles. The van der Waals surface area contributed by atoms with Crippen LogP contribution in [0.3, 0.4) is 0 Å². The SMILES string of the molecule is COc1ccc(Cn2c(=N)c(C(=O)NC[C@@H]3CCCO3)cc3c(=O)n4cccc(C)c4nc32)cc1. The van der Waals surface area contributed by atoms with E-state index < -0.39 is 5.91 Å². The topological polar surface area (TPSA) is 111 Å². The van der Waals surface area contributed by atoms with Crippen LogP contribution in [0.5, 0.6) is 5.75 Å². The fourth-order valence-electron chi connectivity index (χ4n) is 4.44. The molecule has 1 fully saturated rings. The Kier molecular flexibility index (Phi) is 6.08. The Labute approximate surface area is 201 Å². The molecular weight excluding hydrogens is 446 g/mol. The Morgan fingerprint density at radius 3 is 2.77 bits per heavy atom. The van der Waals surface area contributed by atoms with Crippen molar-refractivity contribution in [2.24, 2.45) is 0 Å². The number of benzene rings is 1. The Hall–Kier alpha value is -3.98. The highest BCUT2D eigenvalue weighted by atomic mass is 16.5. The molecule has 5 rings (SSSR count). The van der Waals surface area contributed by atoms with Gasteiger partial charge in [0, 0.05) is 19.3 Å². The number of ether oxygens (including phenoxy) is 2. The molecule has 9 heteroatoms. The number of rotatable bonds is 6. The van der Waals surface area contributed by atoms with Crippen molar-refractivity contribution in [1.82, 2.24) is 19.3 Å². The summed E-state index contributed by atoms with van der Waals surface area (Å²) in [5, 5.41) is 12.1. The van der Waals surface area contributed by atoms with Crippen LogP contribution in [0.15, 0.2) is 53.5 Å². The summed E-state index contributed by atoms with van der Waals surface area (Å²) < 4.78 is 13.9. The molecule has 1 atom stereocenters. The Bertz CT molecular complexity index is 1530. The summed E-state index contributed by atoms with van der Waals surface area (Å²) in [7, 11) is 1.60. The number of pyridine rings is 2. The van der Waals surface area contributed by atoms with Gasteiger partial charge in [-0.2, -0.15) is 0 Å².